The summed E-state index contributed by atoms with van der Waals surface area (Å²) in [4.78, 5) is 14.2. The van der Waals surface area contributed by atoms with E-state index in [9.17, 15) is 4.79 Å². The number of rotatable bonds is 5. The van der Waals surface area contributed by atoms with E-state index in [-0.39, 0.29) is 11.4 Å². The highest BCUT2D eigenvalue weighted by Crippen LogP contribution is 2.42. The van der Waals surface area contributed by atoms with E-state index in [0.29, 0.717) is 0 Å². The van der Waals surface area contributed by atoms with Gasteiger partial charge in [-0.05, 0) is 38.6 Å². The van der Waals surface area contributed by atoms with Crippen LogP contribution < -0.4 is 0 Å². The van der Waals surface area contributed by atoms with Crippen molar-refractivity contribution < 1.29 is 9.53 Å². The Balaban J connectivity index is 1.83. The quantitative estimate of drug-likeness (QED) is 0.690. The molecule has 2 aliphatic carbocycles. The average molecular weight is 239 g/mol. The molecule has 17 heavy (non-hydrogen) atoms. The van der Waals surface area contributed by atoms with Crippen LogP contribution in [0.4, 0.5) is 0 Å². The Morgan fingerprint density at radius 3 is 2.41 bits per heavy atom. The van der Waals surface area contributed by atoms with Crippen LogP contribution in [-0.4, -0.2) is 38.1 Å². The Kier molecular flexibility index (Phi) is 4.08. The Hall–Kier alpha value is -0.570. The van der Waals surface area contributed by atoms with E-state index < -0.39 is 0 Å². The topological polar surface area (TPSA) is 29.5 Å². The van der Waals surface area contributed by atoms with E-state index in [0.717, 1.165) is 31.8 Å². The van der Waals surface area contributed by atoms with Crippen LogP contribution in [0.1, 0.15) is 44.9 Å². The minimum Gasteiger partial charge on any atom is -0.469 e. The van der Waals surface area contributed by atoms with Gasteiger partial charge >= 0.3 is 5.97 Å². The fourth-order valence-electron chi connectivity index (χ4n) is 3.46. The monoisotopic (exact) mass is 239 g/mol. The zero-order valence-electron chi connectivity index (χ0n) is 11.2. The molecule has 3 heteroatoms. The third-order valence-electron chi connectivity index (χ3n) is 4.55. The van der Waals surface area contributed by atoms with Crippen LogP contribution in [0.3, 0.4) is 0 Å². The van der Waals surface area contributed by atoms with Crippen LogP contribution >= 0.6 is 0 Å². The summed E-state index contributed by atoms with van der Waals surface area (Å²) >= 11 is 0. The summed E-state index contributed by atoms with van der Waals surface area (Å²) in [5.74, 6) is 0.858. The van der Waals surface area contributed by atoms with Gasteiger partial charge in [0.2, 0.25) is 0 Å². The second kappa shape index (κ2) is 5.38. The SMILES string of the molecule is COC(=O)C1(CN(C)CC2CCCC2)CCC1. The van der Waals surface area contributed by atoms with Gasteiger partial charge < -0.3 is 9.64 Å². The second-order valence-electron chi connectivity index (χ2n) is 5.97. The summed E-state index contributed by atoms with van der Waals surface area (Å²) in [6.07, 6.45) is 8.71. The van der Waals surface area contributed by atoms with Gasteiger partial charge in [-0.25, -0.2) is 0 Å². The molecule has 0 unspecified atom stereocenters. The van der Waals surface area contributed by atoms with Gasteiger partial charge in [0.1, 0.15) is 0 Å². The highest BCUT2D eigenvalue weighted by Gasteiger charge is 2.46. The van der Waals surface area contributed by atoms with Crippen molar-refractivity contribution in [3.63, 3.8) is 0 Å². The van der Waals surface area contributed by atoms with E-state index in [4.69, 9.17) is 4.74 Å². The van der Waals surface area contributed by atoms with Crippen molar-refractivity contribution in [1.29, 1.82) is 0 Å². The Morgan fingerprint density at radius 1 is 1.29 bits per heavy atom. The second-order valence-corrected chi connectivity index (χ2v) is 5.97. The van der Waals surface area contributed by atoms with E-state index in [1.807, 2.05) is 0 Å². The van der Waals surface area contributed by atoms with E-state index in [1.54, 1.807) is 0 Å². The minimum atomic E-state index is -0.178. The highest BCUT2D eigenvalue weighted by molar-refractivity contribution is 5.78. The highest BCUT2D eigenvalue weighted by atomic mass is 16.5. The molecular weight excluding hydrogens is 214 g/mol. The molecule has 0 aliphatic heterocycles. The lowest BCUT2D eigenvalue weighted by Gasteiger charge is -2.41. The number of carbonyl (C=O) groups is 1. The van der Waals surface area contributed by atoms with Gasteiger partial charge in [0.25, 0.3) is 0 Å². The van der Waals surface area contributed by atoms with Crippen molar-refractivity contribution in [3.05, 3.63) is 0 Å². The molecular formula is C14H25NO2. The van der Waals surface area contributed by atoms with E-state index >= 15 is 0 Å². The zero-order chi connectivity index (χ0) is 12.3. The van der Waals surface area contributed by atoms with Crippen LogP contribution in [0.15, 0.2) is 0 Å². The van der Waals surface area contributed by atoms with Crippen LogP contribution in [0.25, 0.3) is 0 Å². The zero-order valence-corrected chi connectivity index (χ0v) is 11.2. The first kappa shape index (κ1) is 12.9. The number of esters is 1. The average Bonchev–Trinajstić information content (AvgIpc) is 2.75. The van der Waals surface area contributed by atoms with Gasteiger partial charge in [0.05, 0.1) is 12.5 Å². The molecule has 2 aliphatic rings. The predicted octanol–water partition coefficient (Wildman–Crippen LogP) is 2.45. The number of nitrogens with zero attached hydrogens (tertiary/aromatic N) is 1. The summed E-state index contributed by atoms with van der Waals surface area (Å²) in [5, 5.41) is 0. The lowest BCUT2D eigenvalue weighted by molar-refractivity contribution is -0.160. The minimum absolute atomic E-state index is 0.00187. The molecule has 98 valence electrons. The first-order chi connectivity index (χ1) is 8.16. The van der Waals surface area contributed by atoms with E-state index in [2.05, 4.69) is 11.9 Å². The Morgan fingerprint density at radius 2 is 1.94 bits per heavy atom. The maximum Gasteiger partial charge on any atom is 0.313 e. The number of hydrogen-bond donors (Lipinski definition) is 0. The lowest BCUT2D eigenvalue weighted by atomic mass is 9.68. The number of hydrogen-bond acceptors (Lipinski definition) is 3. The van der Waals surface area contributed by atoms with Crippen LogP contribution in [0.5, 0.6) is 0 Å². The molecule has 2 rings (SSSR count). The van der Waals surface area contributed by atoms with Crippen LogP contribution in [0.2, 0.25) is 0 Å². The van der Waals surface area contributed by atoms with Gasteiger partial charge in [-0.1, -0.05) is 19.3 Å². The molecule has 0 bridgehead atoms. The molecule has 3 nitrogen and oxygen atoms in total. The smallest absolute Gasteiger partial charge is 0.313 e. The molecule has 2 fully saturated rings. The van der Waals surface area contributed by atoms with Crippen molar-refractivity contribution in [2.45, 2.75) is 44.9 Å². The van der Waals surface area contributed by atoms with Crippen molar-refractivity contribution in [2.75, 3.05) is 27.2 Å². The van der Waals surface area contributed by atoms with Gasteiger partial charge in [-0.3, -0.25) is 4.79 Å². The maximum absolute atomic E-state index is 11.8. The number of ether oxygens (including phenoxy) is 1. The molecule has 0 amide bonds. The Labute approximate surface area is 105 Å². The molecule has 0 atom stereocenters. The summed E-state index contributed by atoms with van der Waals surface area (Å²) in [6.45, 7) is 2.04. The third kappa shape index (κ3) is 2.82. The van der Waals surface area contributed by atoms with Gasteiger partial charge in [-0.15, -0.1) is 0 Å². The summed E-state index contributed by atoms with van der Waals surface area (Å²) < 4.78 is 4.96. The first-order valence-electron chi connectivity index (χ1n) is 6.93. The van der Waals surface area contributed by atoms with Gasteiger partial charge in [0, 0.05) is 13.1 Å². The molecule has 0 radical (unpaired) electrons. The largest absolute Gasteiger partial charge is 0.469 e. The third-order valence-corrected chi connectivity index (χ3v) is 4.55. The van der Waals surface area contributed by atoms with Gasteiger partial charge in [-0.2, -0.15) is 0 Å². The summed E-state index contributed by atoms with van der Waals surface area (Å²) in [6, 6.07) is 0. The fourth-order valence-corrected chi connectivity index (χ4v) is 3.46. The van der Waals surface area contributed by atoms with Crippen molar-refractivity contribution in [2.24, 2.45) is 11.3 Å². The Bertz CT molecular complexity index is 267. The van der Waals surface area contributed by atoms with Crippen LogP contribution in [-0.2, 0) is 9.53 Å². The number of carbonyl (C=O) groups excluding carboxylic acids is 1. The predicted molar refractivity (Wildman–Crippen MR) is 67.8 cm³/mol. The first-order valence-corrected chi connectivity index (χ1v) is 6.93. The molecule has 0 heterocycles. The molecule has 0 aromatic heterocycles. The van der Waals surface area contributed by atoms with Crippen molar-refractivity contribution in [1.82, 2.24) is 4.90 Å². The summed E-state index contributed by atoms with van der Waals surface area (Å²) in [7, 11) is 3.67. The van der Waals surface area contributed by atoms with Crippen molar-refractivity contribution >= 4 is 5.97 Å². The summed E-state index contributed by atoms with van der Waals surface area (Å²) in [5.41, 5.74) is -0.178. The molecule has 0 N–H and O–H groups in total. The van der Waals surface area contributed by atoms with Gasteiger partial charge in [0.15, 0.2) is 0 Å². The van der Waals surface area contributed by atoms with E-state index in [1.165, 1.54) is 39.2 Å². The normalized spacial score (nSPS) is 23.7. The van der Waals surface area contributed by atoms with Crippen molar-refractivity contribution in [3.8, 4) is 0 Å². The molecule has 0 spiro atoms. The molecule has 0 aromatic carbocycles. The maximum atomic E-state index is 11.8. The lowest BCUT2D eigenvalue weighted by Crippen LogP contribution is -2.48. The van der Waals surface area contributed by atoms with Crippen LogP contribution in [0, 0.1) is 11.3 Å². The molecule has 2 saturated carbocycles. The molecule has 0 saturated heterocycles. The molecule has 0 aromatic rings. The fraction of sp³-hybridized carbons (Fsp3) is 0.929. The standard InChI is InChI=1S/C14H25NO2/c1-15(10-12-6-3-4-7-12)11-14(8-5-9-14)13(16)17-2/h12H,3-11H2,1-2H3. The number of methoxy groups -OCH3 is 1.